The molecule has 0 saturated heterocycles. The molecule has 0 unspecified atom stereocenters. The molecule has 0 bridgehead atoms. The van der Waals surface area contributed by atoms with E-state index in [4.69, 9.17) is 9.15 Å². The number of carbonyl (C=O) groups excluding carboxylic acids is 1. The Labute approximate surface area is 179 Å². The number of nitrogens with zero attached hydrogens (tertiary/aromatic N) is 2. The van der Waals surface area contributed by atoms with Gasteiger partial charge in [-0.3, -0.25) is 4.31 Å². The van der Waals surface area contributed by atoms with Gasteiger partial charge in [-0.1, -0.05) is 35.9 Å². The first-order chi connectivity index (χ1) is 14.8. The van der Waals surface area contributed by atoms with Gasteiger partial charge in [0.25, 0.3) is 10.0 Å². The lowest BCUT2D eigenvalue weighted by molar-refractivity contribution is 0.0440. The zero-order valence-electron chi connectivity index (χ0n) is 17.0. The maximum absolute atomic E-state index is 13.0. The number of para-hydroxylation sites is 2. The Morgan fingerprint density at radius 1 is 1.03 bits per heavy atom. The number of sulfonamides is 1. The number of esters is 1. The average Bonchev–Trinajstić information content (AvgIpc) is 3.20. The number of benzene rings is 3. The van der Waals surface area contributed by atoms with Crippen molar-refractivity contribution in [2.45, 2.75) is 18.4 Å². The summed E-state index contributed by atoms with van der Waals surface area (Å²) in [5, 5.41) is 0. The SMILES string of the molecule is Cc1ccc(N(C)S(=O)(=O)c2cccc(C(=O)OCc3nc4ccccc4o3)c2)cc1. The van der Waals surface area contributed by atoms with E-state index in [1.807, 2.05) is 31.2 Å². The summed E-state index contributed by atoms with van der Waals surface area (Å²) in [7, 11) is -2.38. The van der Waals surface area contributed by atoms with Crippen LogP contribution in [0, 0.1) is 6.92 Å². The van der Waals surface area contributed by atoms with Crippen LogP contribution in [-0.4, -0.2) is 26.4 Å². The Balaban J connectivity index is 1.51. The van der Waals surface area contributed by atoms with E-state index in [1.54, 1.807) is 24.3 Å². The number of anilines is 1. The Kier molecular flexibility index (Phi) is 5.48. The predicted molar refractivity (Wildman–Crippen MR) is 116 cm³/mol. The minimum Gasteiger partial charge on any atom is -0.452 e. The molecule has 158 valence electrons. The van der Waals surface area contributed by atoms with Crippen LogP contribution in [0.2, 0.25) is 0 Å². The lowest BCUT2D eigenvalue weighted by atomic mass is 10.2. The molecule has 3 aromatic carbocycles. The van der Waals surface area contributed by atoms with Crippen LogP contribution in [0.3, 0.4) is 0 Å². The van der Waals surface area contributed by atoms with Crippen LogP contribution in [0.4, 0.5) is 5.69 Å². The Hall–Kier alpha value is -3.65. The molecule has 0 aliphatic carbocycles. The third kappa shape index (κ3) is 4.29. The Bertz CT molecular complexity index is 1310. The fourth-order valence-corrected chi connectivity index (χ4v) is 4.27. The Morgan fingerprint density at radius 3 is 2.52 bits per heavy atom. The number of carbonyl (C=O) groups is 1. The van der Waals surface area contributed by atoms with Crippen molar-refractivity contribution in [2.24, 2.45) is 0 Å². The molecule has 0 fully saturated rings. The van der Waals surface area contributed by atoms with E-state index in [9.17, 15) is 13.2 Å². The first-order valence-electron chi connectivity index (χ1n) is 9.52. The van der Waals surface area contributed by atoms with Gasteiger partial charge in [-0.15, -0.1) is 0 Å². The molecule has 31 heavy (non-hydrogen) atoms. The largest absolute Gasteiger partial charge is 0.452 e. The van der Waals surface area contributed by atoms with Crippen molar-refractivity contribution in [2.75, 3.05) is 11.4 Å². The monoisotopic (exact) mass is 436 g/mol. The standard InChI is InChI=1S/C23H20N2O5S/c1-16-10-12-18(13-11-16)25(2)31(27,28)19-7-5-6-17(14-19)23(26)29-15-22-24-20-8-3-4-9-21(20)30-22/h3-14H,15H2,1-2H3. The normalized spacial score (nSPS) is 11.4. The summed E-state index contributed by atoms with van der Waals surface area (Å²) in [6, 6.07) is 20.1. The van der Waals surface area contributed by atoms with E-state index < -0.39 is 16.0 Å². The molecule has 0 saturated carbocycles. The number of aromatic nitrogens is 1. The van der Waals surface area contributed by atoms with Gasteiger partial charge in [0.2, 0.25) is 5.89 Å². The van der Waals surface area contributed by atoms with Gasteiger partial charge in [0, 0.05) is 7.05 Å². The van der Waals surface area contributed by atoms with E-state index >= 15 is 0 Å². The minimum atomic E-state index is -3.85. The smallest absolute Gasteiger partial charge is 0.338 e. The number of aryl methyl sites for hydroxylation is 1. The van der Waals surface area contributed by atoms with Gasteiger partial charge in [-0.2, -0.15) is 0 Å². The fourth-order valence-electron chi connectivity index (χ4n) is 3.03. The van der Waals surface area contributed by atoms with Crippen LogP contribution in [0.25, 0.3) is 11.1 Å². The van der Waals surface area contributed by atoms with Crippen molar-refractivity contribution >= 4 is 32.8 Å². The van der Waals surface area contributed by atoms with Crippen molar-refractivity contribution in [3.05, 3.63) is 89.8 Å². The molecule has 1 aromatic heterocycles. The highest BCUT2D eigenvalue weighted by Crippen LogP contribution is 2.23. The summed E-state index contributed by atoms with van der Waals surface area (Å²) in [6.45, 7) is 1.77. The molecular formula is C23H20N2O5S. The number of oxazole rings is 1. The van der Waals surface area contributed by atoms with E-state index in [-0.39, 0.29) is 23.0 Å². The zero-order valence-corrected chi connectivity index (χ0v) is 17.8. The van der Waals surface area contributed by atoms with Crippen LogP contribution < -0.4 is 4.31 Å². The molecule has 0 atom stereocenters. The van der Waals surface area contributed by atoms with Crippen molar-refractivity contribution in [1.82, 2.24) is 4.98 Å². The van der Waals surface area contributed by atoms with E-state index in [1.165, 1.54) is 35.6 Å². The van der Waals surface area contributed by atoms with E-state index in [0.717, 1.165) is 5.56 Å². The summed E-state index contributed by atoms with van der Waals surface area (Å²) >= 11 is 0. The van der Waals surface area contributed by atoms with E-state index in [2.05, 4.69) is 4.98 Å². The fraction of sp³-hybridized carbons (Fsp3) is 0.130. The topological polar surface area (TPSA) is 89.7 Å². The quantitative estimate of drug-likeness (QED) is 0.418. The molecule has 0 radical (unpaired) electrons. The molecule has 0 aliphatic rings. The Morgan fingerprint density at radius 2 is 1.77 bits per heavy atom. The first-order valence-corrected chi connectivity index (χ1v) is 11.0. The summed E-state index contributed by atoms with van der Waals surface area (Å²) in [5.74, 6) is -0.408. The predicted octanol–water partition coefficient (Wildman–Crippen LogP) is 4.32. The number of rotatable bonds is 6. The van der Waals surface area contributed by atoms with Crippen LogP contribution in [0.15, 0.2) is 82.1 Å². The second-order valence-electron chi connectivity index (χ2n) is 6.99. The van der Waals surface area contributed by atoms with Gasteiger partial charge in [-0.05, 0) is 49.4 Å². The van der Waals surface area contributed by atoms with Gasteiger partial charge in [0.1, 0.15) is 5.52 Å². The van der Waals surface area contributed by atoms with Gasteiger partial charge < -0.3 is 9.15 Å². The number of hydrogen-bond donors (Lipinski definition) is 0. The second-order valence-corrected chi connectivity index (χ2v) is 8.96. The zero-order chi connectivity index (χ0) is 22.0. The summed E-state index contributed by atoms with van der Waals surface area (Å²) in [5.41, 5.74) is 2.93. The van der Waals surface area contributed by atoms with Crippen LogP contribution in [0.1, 0.15) is 21.8 Å². The van der Waals surface area contributed by atoms with Crippen molar-refractivity contribution < 1.29 is 22.4 Å². The molecule has 0 amide bonds. The number of ether oxygens (including phenoxy) is 1. The summed E-state index contributed by atoms with van der Waals surface area (Å²) < 4.78 is 38.0. The van der Waals surface area contributed by atoms with Crippen molar-refractivity contribution in [3.63, 3.8) is 0 Å². The molecule has 0 N–H and O–H groups in total. The minimum absolute atomic E-state index is 0.00751. The molecular weight excluding hydrogens is 416 g/mol. The van der Waals surface area contributed by atoms with Gasteiger partial charge >= 0.3 is 5.97 Å². The highest BCUT2D eigenvalue weighted by Gasteiger charge is 2.23. The average molecular weight is 436 g/mol. The maximum Gasteiger partial charge on any atom is 0.338 e. The highest BCUT2D eigenvalue weighted by atomic mass is 32.2. The molecule has 4 rings (SSSR count). The van der Waals surface area contributed by atoms with Gasteiger partial charge in [-0.25, -0.2) is 18.2 Å². The molecule has 0 aliphatic heterocycles. The van der Waals surface area contributed by atoms with Crippen molar-refractivity contribution in [3.8, 4) is 0 Å². The lowest BCUT2D eigenvalue weighted by Gasteiger charge is -2.20. The maximum atomic E-state index is 13.0. The molecule has 0 spiro atoms. The third-order valence-corrected chi connectivity index (χ3v) is 6.57. The van der Waals surface area contributed by atoms with Gasteiger partial charge in [0.15, 0.2) is 12.2 Å². The van der Waals surface area contributed by atoms with Crippen LogP contribution in [0.5, 0.6) is 0 Å². The molecule has 1 heterocycles. The second kappa shape index (κ2) is 8.23. The van der Waals surface area contributed by atoms with E-state index in [0.29, 0.717) is 16.8 Å². The molecule has 4 aromatic rings. The van der Waals surface area contributed by atoms with Crippen LogP contribution in [-0.2, 0) is 21.4 Å². The summed E-state index contributed by atoms with van der Waals surface area (Å²) in [6.07, 6.45) is 0. The summed E-state index contributed by atoms with van der Waals surface area (Å²) in [4.78, 5) is 16.7. The lowest BCUT2D eigenvalue weighted by Crippen LogP contribution is -2.26. The number of fused-ring (bicyclic) bond motifs is 1. The molecule has 8 heteroatoms. The van der Waals surface area contributed by atoms with Crippen molar-refractivity contribution in [1.29, 1.82) is 0 Å². The third-order valence-electron chi connectivity index (χ3n) is 4.79. The highest BCUT2D eigenvalue weighted by molar-refractivity contribution is 7.92. The van der Waals surface area contributed by atoms with Crippen LogP contribution >= 0.6 is 0 Å². The van der Waals surface area contributed by atoms with Gasteiger partial charge in [0.05, 0.1) is 16.1 Å². The molecule has 7 nitrogen and oxygen atoms in total. The number of hydrogen-bond acceptors (Lipinski definition) is 6. The first kappa shape index (κ1) is 20.6.